The lowest BCUT2D eigenvalue weighted by molar-refractivity contribution is -0.118. The zero-order valence-corrected chi connectivity index (χ0v) is 14.2. The van der Waals surface area contributed by atoms with Crippen LogP contribution in [0.15, 0.2) is 48.5 Å². The van der Waals surface area contributed by atoms with Crippen LogP contribution in [0.3, 0.4) is 0 Å². The van der Waals surface area contributed by atoms with E-state index in [0.717, 1.165) is 17.7 Å². The van der Waals surface area contributed by atoms with Crippen LogP contribution in [0, 0.1) is 17.6 Å². The number of nitrogens with zero attached hydrogens (tertiary/aromatic N) is 1. The van der Waals surface area contributed by atoms with Crippen molar-refractivity contribution in [3.63, 3.8) is 0 Å². The Labute approximate surface area is 146 Å². The third-order valence-electron chi connectivity index (χ3n) is 4.66. The number of carbonyl (C=O) groups excluding carboxylic acids is 1. The van der Waals surface area contributed by atoms with Crippen LogP contribution in [0.25, 0.3) is 0 Å². The van der Waals surface area contributed by atoms with E-state index < -0.39 is 11.6 Å². The molecule has 5 heteroatoms. The topological polar surface area (TPSA) is 32.3 Å². The molecule has 0 aromatic heterocycles. The Morgan fingerprint density at radius 1 is 1.20 bits per heavy atom. The smallest absolute Gasteiger partial charge is 0.238 e. The maximum Gasteiger partial charge on any atom is 0.238 e. The molecule has 0 heterocycles. The Morgan fingerprint density at radius 2 is 1.92 bits per heavy atom. The molecule has 25 heavy (non-hydrogen) atoms. The van der Waals surface area contributed by atoms with Crippen molar-refractivity contribution in [2.75, 3.05) is 11.9 Å². The molecule has 0 radical (unpaired) electrons. The highest BCUT2D eigenvalue weighted by molar-refractivity contribution is 5.92. The number of anilines is 1. The van der Waals surface area contributed by atoms with Crippen LogP contribution in [0.1, 0.15) is 25.3 Å². The summed E-state index contributed by atoms with van der Waals surface area (Å²) < 4.78 is 26.7. The largest absolute Gasteiger partial charge is 0.322 e. The minimum Gasteiger partial charge on any atom is -0.322 e. The lowest BCUT2D eigenvalue weighted by Gasteiger charge is -2.28. The molecule has 3 nitrogen and oxygen atoms in total. The van der Waals surface area contributed by atoms with Crippen molar-refractivity contribution in [1.82, 2.24) is 4.90 Å². The van der Waals surface area contributed by atoms with E-state index in [1.165, 1.54) is 18.9 Å². The lowest BCUT2D eigenvalue weighted by Crippen LogP contribution is -2.40. The van der Waals surface area contributed by atoms with Crippen LogP contribution >= 0.6 is 0 Å². The maximum absolute atomic E-state index is 13.7. The van der Waals surface area contributed by atoms with Gasteiger partial charge in [-0.25, -0.2) is 8.78 Å². The summed E-state index contributed by atoms with van der Waals surface area (Å²) in [7, 11) is 0. The highest BCUT2D eigenvalue weighted by Crippen LogP contribution is 2.35. The number of amides is 1. The van der Waals surface area contributed by atoms with Crippen LogP contribution in [0.5, 0.6) is 0 Å². The van der Waals surface area contributed by atoms with Gasteiger partial charge in [-0.3, -0.25) is 9.69 Å². The molecule has 132 valence electrons. The Morgan fingerprint density at radius 3 is 2.56 bits per heavy atom. The van der Waals surface area contributed by atoms with Gasteiger partial charge in [0.2, 0.25) is 5.91 Å². The summed E-state index contributed by atoms with van der Waals surface area (Å²) in [5.41, 5.74) is 1.14. The van der Waals surface area contributed by atoms with E-state index in [0.29, 0.717) is 12.5 Å². The second-order valence-electron chi connectivity index (χ2n) is 6.64. The van der Waals surface area contributed by atoms with Gasteiger partial charge in [0.25, 0.3) is 0 Å². The zero-order chi connectivity index (χ0) is 17.8. The quantitative estimate of drug-likeness (QED) is 0.816. The Bertz CT molecular complexity index is 732. The summed E-state index contributed by atoms with van der Waals surface area (Å²) in [6.07, 6.45) is 2.36. The molecule has 0 bridgehead atoms. The first-order chi connectivity index (χ1) is 12.0. The molecule has 1 aliphatic carbocycles. The van der Waals surface area contributed by atoms with Crippen LogP contribution in [-0.4, -0.2) is 23.4 Å². The summed E-state index contributed by atoms with van der Waals surface area (Å²) in [6, 6.07) is 13.4. The normalized spacial score (nSPS) is 15.2. The van der Waals surface area contributed by atoms with E-state index in [9.17, 15) is 13.6 Å². The van der Waals surface area contributed by atoms with Crippen molar-refractivity contribution in [2.45, 2.75) is 32.4 Å². The summed E-state index contributed by atoms with van der Waals surface area (Å²) in [5, 5.41) is 2.55. The molecule has 1 atom stereocenters. The predicted molar refractivity (Wildman–Crippen MR) is 94.0 cm³/mol. The Balaban J connectivity index is 1.67. The van der Waals surface area contributed by atoms with Gasteiger partial charge >= 0.3 is 0 Å². The molecular weight excluding hydrogens is 322 g/mol. The van der Waals surface area contributed by atoms with Crippen molar-refractivity contribution in [2.24, 2.45) is 5.92 Å². The van der Waals surface area contributed by atoms with E-state index in [1.807, 2.05) is 30.3 Å². The van der Waals surface area contributed by atoms with Gasteiger partial charge in [-0.1, -0.05) is 30.3 Å². The highest BCUT2D eigenvalue weighted by Gasteiger charge is 2.32. The van der Waals surface area contributed by atoms with E-state index >= 15 is 0 Å². The third kappa shape index (κ3) is 4.86. The first-order valence-corrected chi connectivity index (χ1v) is 8.56. The molecule has 1 N–H and O–H groups in total. The number of hydrogen-bond donors (Lipinski definition) is 1. The van der Waals surface area contributed by atoms with Gasteiger partial charge in [0.15, 0.2) is 0 Å². The molecule has 0 saturated heterocycles. The fourth-order valence-corrected chi connectivity index (χ4v) is 3.00. The molecule has 0 aliphatic heterocycles. The third-order valence-corrected chi connectivity index (χ3v) is 4.66. The molecule has 2 aromatic rings. The second kappa shape index (κ2) is 7.74. The van der Waals surface area contributed by atoms with E-state index in [1.54, 1.807) is 0 Å². The van der Waals surface area contributed by atoms with Crippen LogP contribution in [-0.2, 0) is 11.3 Å². The average molecular weight is 344 g/mol. The summed E-state index contributed by atoms with van der Waals surface area (Å²) in [6.45, 7) is 2.97. The van der Waals surface area contributed by atoms with Crippen molar-refractivity contribution in [3.05, 3.63) is 65.7 Å². The molecule has 1 aliphatic rings. The average Bonchev–Trinajstić information content (AvgIpc) is 3.42. The second-order valence-corrected chi connectivity index (χ2v) is 6.64. The molecule has 1 saturated carbocycles. The van der Waals surface area contributed by atoms with Gasteiger partial charge in [0.1, 0.15) is 11.6 Å². The Kier molecular flexibility index (Phi) is 5.43. The molecule has 3 rings (SSSR count). The number of benzene rings is 2. The molecule has 1 unspecified atom stereocenters. The van der Waals surface area contributed by atoms with Crippen molar-refractivity contribution in [3.8, 4) is 0 Å². The monoisotopic (exact) mass is 344 g/mol. The zero-order valence-electron chi connectivity index (χ0n) is 14.2. The van der Waals surface area contributed by atoms with E-state index in [-0.39, 0.29) is 24.2 Å². The summed E-state index contributed by atoms with van der Waals surface area (Å²) >= 11 is 0. The van der Waals surface area contributed by atoms with Crippen molar-refractivity contribution in [1.29, 1.82) is 0 Å². The van der Waals surface area contributed by atoms with Crippen molar-refractivity contribution < 1.29 is 13.6 Å². The Hall–Kier alpha value is -2.27. The van der Waals surface area contributed by atoms with Crippen LogP contribution in [0.2, 0.25) is 0 Å². The van der Waals surface area contributed by atoms with Gasteiger partial charge in [0.05, 0.1) is 12.2 Å². The standard InChI is InChI=1S/C20H22F2N2O/c1-14(16-7-8-16)24(12-15-5-3-2-4-6-15)13-20(25)23-19-10-9-17(21)11-18(19)22/h2-6,9-11,14,16H,7-8,12-13H2,1H3,(H,23,25). The van der Waals surface area contributed by atoms with Gasteiger partial charge < -0.3 is 5.32 Å². The molecule has 2 aromatic carbocycles. The minimum absolute atomic E-state index is 0.00476. The molecular formula is C20H22F2N2O. The number of rotatable bonds is 7. The van der Waals surface area contributed by atoms with Crippen LogP contribution in [0.4, 0.5) is 14.5 Å². The number of nitrogens with one attached hydrogen (secondary N) is 1. The first-order valence-electron chi connectivity index (χ1n) is 8.56. The van der Waals surface area contributed by atoms with E-state index in [4.69, 9.17) is 0 Å². The molecule has 1 amide bonds. The van der Waals surface area contributed by atoms with Gasteiger partial charge in [-0.2, -0.15) is 0 Å². The number of carbonyl (C=O) groups is 1. The first kappa shape index (κ1) is 17.5. The number of hydrogen-bond acceptors (Lipinski definition) is 2. The molecule has 0 spiro atoms. The predicted octanol–water partition coefficient (Wildman–Crippen LogP) is 4.20. The van der Waals surface area contributed by atoms with Crippen LogP contribution < -0.4 is 5.32 Å². The summed E-state index contributed by atoms with van der Waals surface area (Å²) in [4.78, 5) is 14.5. The lowest BCUT2D eigenvalue weighted by atomic mass is 10.1. The minimum atomic E-state index is -0.766. The van der Waals surface area contributed by atoms with Gasteiger partial charge in [0, 0.05) is 18.7 Å². The van der Waals surface area contributed by atoms with E-state index in [2.05, 4.69) is 17.1 Å². The number of halogens is 2. The van der Waals surface area contributed by atoms with Crippen molar-refractivity contribution >= 4 is 11.6 Å². The fraction of sp³-hybridized carbons (Fsp3) is 0.350. The highest BCUT2D eigenvalue weighted by atomic mass is 19.1. The van der Waals surface area contributed by atoms with Gasteiger partial charge in [-0.15, -0.1) is 0 Å². The molecule has 1 fully saturated rings. The van der Waals surface area contributed by atoms with Gasteiger partial charge in [-0.05, 0) is 43.4 Å². The SMILES string of the molecule is CC(C1CC1)N(CC(=O)Nc1ccc(F)cc1F)Cc1ccccc1. The summed E-state index contributed by atoms with van der Waals surface area (Å²) in [5.74, 6) is -1.12. The fourth-order valence-electron chi connectivity index (χ4n) is 3.00. The maximum atomic E-state index is 13.7.